The maximum atomic E-state index is 13.2. The van der Waals surface area contributed by atoms with Gasteiger partial charge in [0.05, 0.1) is 25.3 Å². The van der Waals surface area contributed by atoms with Gasteiger partial charge in [0.1, 0.15) is 17.3 Å². The van der Waals surface area contributed by atoms with Gasteiger partial charge in [-0.15, -0.1) is 0 Å². The highest BCUT2D eigenvalue weighted by molar-refractivity contribution is 6.46. The molecule has 0 saturated carbocycles. The molecule has 0 bridgehead atoms. The van der Waals surface area contributed by atoms with Crippen molar-refractivity contribution in [3.63, 3.8) is 0 Å². The number of hydrogen-bond donors (Lipinski definition) is 1. The van der Waals surface area contributed by atoms with Crippen molar-refractivity contribution in [2.24, 2.45) is 0 Å². The van der Waals surface area contributed by atoms with E-state index >= 15 is 0 Å². The minimum Gasteiger partial charge on any atom is -0.507 e. The molecule has 174 valence electrons. The normalized spacial score (nSPS) is 17.1. The number of aliphatic hydroxyl groups excluding tert-OH is 1. The average molecular weight is 459 g/mol. The molecule has 1 saturated heterocycles. The third-order valence-electron chi connectivity index (χ3n) is 5.82. The van der Waals surface area contributed by atoms with E-state index in [0.29, 0.717) is 29.2 Å². The number of hydrogen-bond acceptors (Lipinski definition) is 6. The molecule has 1 aliphatic heterocycles. The van der Waals surface area contributed by atoms with E-state index in [9.17, 15) is 14.7 Å². The van der Waals surface area contributed by atoms with Crippen LogP contribution in [-0.2, 0) is 16.1 Å². The molecule has 1 unspecified atom stereocenters. The monoisotopic (exact) mass is 458 g/mol. The van der Waals surface area contributed by atoms with Crippen molar-refractivity contribution in [2.75, 3.05) is 13.7 Å². The third-order valence-corrected chi connectivity index (χ3v) is 5.82. The molecule has 0 radical (unpaired) electrons. The van der Waals surface area contributed by atoms with Gasteiger partial charge in [-0.1, -0.05) is 12.1 Å². The lowest BCUT2D eigenvalue weighted by Gasteiger charge is -2.25. The number of carbonyl (C=O) groups is 2. The highest BCUT2D eigenvalue weighted by Gasteiger charge is 2.46. The Morgan fingerprint density at radius 3 is 2.38 bits per heavy atom. The van der Waals surface area contributed by atoms with Crippen molar-refractivity contribution in [3.8, 4) is 11.5 Å². The molecular formula is C27H26N2O5. The van der Waals surface area contributed by atoms with Gasteiger partial charge in [-0.05, 0) is 73.0 Å². The van der Waals surface area contributed by atoms with Crippen LogP contribution < -0.4 is 9.47 Å². The molecule has 1 aromatic heterocycles. The van der Waals surface area contributed by atoms with Crippen molar-refractivity contribution in [1.29, 1.82) is 0 Å². The highest BCUT2D eigenvalue weighted by atomic mass is 16.5. The number of benzene rings is 2. The van der Waals surface area contributed by atoms with Crippen molar-refractivity contribution >= 4 is 17.4 Å². The van der Waals surface area contributed by atoms with Gasteiger partial charge < -0.3 is 19.5 Å². The van der Waals surface area contributed by atoms with Gasteiger partial charge >= 0.3 is 0 Å². The number of carbonyl (C=O) groups excluding carboxylic acids is 2. The average Bonchev–Trinajstić information content (AvgIpc) is 3.11. The molecule has 0 aliphatic carbocycles. The van der Waals surface area contributed by atoms with Crippen LogP contribution in [0, 0.1) is 6.92 Å². The van der Waals surface area contributed by atoms with Crippen LogP contribution in [0.5, 0.6) is 11.5 Å². The predicted molar refractivity (Wildman–Crippen MR) is 127 cm³/mol. The SMILES string of the molecule is CCOc1ccc(/C(O)=C2/C(=O)C(=O)N(Cc3ccc(OC)cc3)C2c2ccncc2)cc1C. The number of ether oxygens (including phenoxy) is 2. The lowest BCUT2D eigenvalue weighted by molar-refractivity contribution is -0.140. The number of nitrogens with zero attached hydrogens (tertiary/aromatic N) is 2. The Morgan fingerprint density at radius 1 is 1.06 bits per heavy atom. The number of aliphatic hydroxyl groups is 1. The molecule has 1 fully saturated rings. The van der Waals surface area contributed by atoms with E-state index in [2.05, 4.69) is 4.98 Å². The molecule has 7 nitrogen and oxygen atoms in total. The number of aromatic nitrogens is 1. The topological polar surface area (TPSA) is 89.0 Å². The van der Waals surface area contributed by atoms with Crippen LogP contribution in [0.4, 0.5) is 0 Å². The summed E-state index contributed by atoms with van der Waals surface area (Å²) in [5.41, 5.74) is 2.83. The van der Waals surface area contributed by atoms with E-state index in [-0.39, 0.29) is 17.9 Å². The van der Waals surface area contributed by atoms with Crippen LogP contribution in [0.15, 0.2) is 72.6 Å². The fraction of sp³-hybridized carbons (Fsp3) is 0.222. The molecule has 1 N–H and O–H groups in total. The Bertz CT molecular complexity index is 1240. The van der Waals surface area contributed by atoms with Gasteiger partial charge in [0.25, 0.3) is 11.7 Å². The zero-order valence-electron chi connectivity index (χ0n) is 19.3. The summed E-state index contributed by atoms with van der Waals surface area (Å²) in [6.07, 6.45) is 3.20. The maximum absolute atomic E-state index is 13.2. The zero-order valence-corrected chi connectivity index (χ0v) is 19.3. The predicted octanol–water partition coefficient (Wildman–Crippen LogP) is 4.42. The second-order valence-corrected chi connectivity index (χ2v) is 7.97. The summed E-state index contributed by atoms with van der Waals surface area (Å²) in [4.78, 5) is 31.9. The van der Waals surface area contributed by atoms with Gasteiger partial charge in [-0.3, -0.25) is 14.6 Å². The number of ketones is 1. The van der Waals surface area contributed by atoms with E-state index in [1.165, 1.54) is 4.90 Å². The Morgan fingerprint density at radius 2 is 1.76 bits per heavy atom. The Hall–Kier alpha value is -4.13. The summed E-state index contributed by atoms with van der Waals surface area (Å²) >= 11 is 0. The number of methoxy groups -OCH3 is 1. The van der Waals surface area contributed by atoms with E-state index in [1.54, 1.807) is 62.0 Å². The first kappa shape index (κ1) is 23.0. The molecular weight excluding hydrogens is 432 g/mol. The lowest BCUT2D eigenvalue weighted by Crippen LogP contribution is -2.29. The van der Waals surface area contributed by atoms with Gasteiger partial charge in [0, 0.05) is 24.5 Å². The summed E-state index contributed by atoms with van der Waals surface area (Å²) in [7, 11) is 1.58. The van der Waals surface area contributed by atoms with E-state index in [1.807, 2.05) is 26.0 Å². The fourth-order valence-electron chi connectivity index (χ4n) is 4.13. The lowest BCUT2D eigenvalue weighted by atomic mass is 9.95. The zero-order chi connectivity index (χ0) is 24.2. The second-order valence-electron chi connectivity index (χ2n) is 7.97. The molecule has 1 amide bonds. The van der Waals surface area contributed by atoms with E-state index in [4.69, 9.17) is 9.47 Å². The maximum Gasteiger partial charge on any atom is 0.295 e. The van der Waals surface area contributed by atoms with Crippen LogP contribution in [0.25, 0.3) is 5.76 Å². The van der Waals surface area contributed by atoms with Crippen LogP contribution in [-0.4, -0.2) is 40.4 Å². The van der Waals surface area contributed by atoms with E-state index in [0.717, 1.165) is 11.1 Å². The molecule has 0 spiro atoms. The molecule has 2 heterocycles. The van der Waals surface area contributed by atoms with Gasteiger partial charge in [-0.2, -0.15) is 0 Å². The quantitative estimate of drug-likeness (QED) is 0.320. The summed E-state index contributed by atoms with van der Waals surface area (Å²) in [6, 6.07) is 15.2. The molecule has 1 aliphatic rings. The van der Waals surface area contributed by atoms with Crippen molar-refractivity contribution in [3.05, 3.63) is 94.8 Å². The number of rotatable bonds is 7. The molecule has 34 heavy (non-hydrogen) atoms. The summed E-state index contributed by atoms with van der Waals surface area (Å²) in [5.74, 6) is -0.211. The molecule has 1 atom stereocenters. The van der Waals surface area contributed by atoms with Gasteiger partial charge in [0.15, 0.2) is 0 Å². The first-order chi connectivity index (χ1) is 16.4. The van der Waals surface area contributed by atoms with Crippen molar-refractivity contribution in [1.82, 2.24) is 9.88 Å². The summed E-state index contributed by atoms with van der Waals surface area (Å²) in [6.45, 7) is 4.47. The molecule has 4 rings (SSSR count). The molecule has 2 aromatic carbocycles. The second kappa shape index (κ2) is 9.79. The fourth-order valence-corrected chi connectivity index (χ4v) is 4.13. The summed E-state index contributed by atoms with van der Waals surface area (Å²) < 4.78 is 10.8. The minimum atomic E-state index is -0.753. The van der Waals surface area contributed by atoms with E-state index < -0.39 is 17.7 Å². The number of Topliss-reactive ketones (excluding diaryl/α,β-unsaturated/α-hetero) is 1. The molecule has 7 heteroatoms. The Balaban J connectivity index is 1.80. The largest absolute Gasteiger partial charge is 0.507 e. The van der Waals surface area contributed by atoms with Gasteiger partial charge in [0.2, 0.25) is 0 Å². The van der Waals surface area contributed by atoms with Crippen molar-refractivity contribution in [2.45, 2.75) is 26.4 Å². The standard InChI is InChI=1S/C27H26N2O5/c1-4-34-22-10-7-20(15-17(22)2)25(30)23-24(19-11-13-28-14-12-19)29(27(32)26(23)31)16-18-5-8-21(33-3)9-6-18/h5-15,24,30H,4,16H2,1-3H3/b25-23-. The first-order valence-electron chi connectivity index (χ1n) is 11.0. The summed E-state index contributed by atoms with van der Waals surface area (Å²) in [5, 5.41) is 11.2. The smallest absolute Gasteiger partial charge is 0.295 e. The molecule has 3 aromatic rings. The highest BCUT2D eigenvalue weighted by Crippen LogP contribution is 2.40. The third kappa shape index (κ3) is 4.37. The number of pyridine rings is 1. The number of aryl methyl sites for hydroxylation is 1. The van der Waals surface area contributed by atoms with Crippen LogP contribution >= 0.6 is 0 Å². The minimum absolute atomic E-state index is 0.0493. The van der Waals surface area contributed by atoms with Crippen molar-refractivity contribution < 1.29 is 24.2 Å². The van der Waals surface area contributed by atoms with Gasteiger partial charge in [-0.25, -0.2) is 0 Å². The van der Waals surface area contributed by atoms with Crippen LogP contribution in [0.1, 0.15) is 35.2 Å². The Labute approximate surface area is 198 Å². The van der Waals surface area contributed by atoms with Crippen LogP contribution in [0.3, 0.4) is 0 Å². The van der Waals surface area contributed by atoms with Crippen LogP contribution in [0.2, 0.25) is 0 Å². The Kier molecular flexibility index (Phi) is 6.63. The number of likely N-dealkylation sites (tertiary alicyclic amines) is 1. The first-order valence-corrected chi connectivity index (χ1v) is 11.0. The number of amides is 1.